The number of rotatable bonds is 3. The Labute approximate surface area is 160 Å². The lowest BCUT2D eigenvalue weighted by atomic mass is 10.2. The number of aromatic nitrogens is 1. The molecule has 3 rings (SSSR count). The SMILES string of the molecule is CCOC(=O)N1CCN(C(=O)c2coc(-c3ccc(Cl)c(Cl)c3)n2)CC1. The van der Waals surface area contributed by atoms with Crippen molar-refractivity contribution in [3.8, 4) is 11.5 Å². The van der Waals surface area contributed by atoms with Gasteiger partial charge in [-0.1, -0.05) is 23.2 Å². The van der Waals surface area contributed by atoms with E-state index in [1.807, 2.05) is 0 Å². The Balaban J connectivity index is 1.65. The van der Waals surface area contributed by atoms with Crippen molar-refractivity contribution in [2.24, 2.45) is 0 Å². The summed E-state index contributed by atoms with van der Waals surface area (Å²) < 4.78 is 10.4. The highest BCUT2D eigenvalue weighted by Crippen LogP contribution is 2.28. The van der Waals surface area contributed by atoms with Gasteiger partial charge < -0.3 is 19.0 Å². The fraction of sp³-hybridized carbons (Fsp3) is 0.353. The molecule has 1 aliphatic heterocycles. The molecule has 1 fully saturated rings. The standard InChI is InChI=1S/C17H17Cl2N3O4/c1-2-25-17(24)22-7-5-21(6-8-22)16(23)14-10-26-15(20-14)11-3-4-12(18)13(19)9-11/h3-4,9-10H,2,5-8H2,1H3. The minimum absolute atomic E-state index is 0.204. The Hall–Kier alpha value is -2.25. The number of nitrogens with zero attached hydrogens (tertiary/aromatic N) is 3. The largest absolute Gasteiger partial charge is 0.450 e. The third-order valence-electron chi connectivity index (χ3n) is 3.98. The fourth-order valence-corrected chi connectivity index (χ4v) is 2.90. The molecule has 0 atom stereocenters. The third kappa shape index (κ3) is 3.94. The molecular weight excluding hydrogens is 381 g/mol. The van der Waals surface area contributed by atoms with Crippen molar-refractivity contribution >= 4 is 35.2 Å². The second-order valence-electron chi connectivity index (χ2n) is 5.64. The summed E-state index contributed by atoms with van der Waals surface area (Å²) >= 11 is 11.9. The quantitative estimate of drug-likeness (QED) is 0.790. The van der Waals surface area contributed by atoms with Crippen molar-refractivity contribution in [3.05, 3.63) is 40.2 Å². The number of piperazine rings is 1. The third-order valence-corrected chi connectivity index (χ3v) is 4.72. The van der Waals surface area contributed by atoms with Crippen LogP contribution in [0.4, 0.5) is 4.79 Å². The second-order valence-corrected chi connectivity index (χ2v) is 6.46. The number of amides is 2. The summed E-state index contributed by atoms with van der Waals surface area (Å²) in [6.07, 6.45) is 0.959. The minimum Gasteiger partial charge on any atom is -0.450 e. The molecule has 2 heterocycles. The van der Waals surface area contributed by atoms with Crippen LogP contribution in [0.2, 0.25) is 10.0 Å². The Kier molecular flexibility index (Phi) is 5.68. The second kappa shape index (κ2) is 7.97. The molecule has 0 spiro atoms. The van der Waals surface area contributed by atoms with Gasteiger partial charge in [0, 0.05) is 31.7 Å². The average Bonchev–Trinajstić information content (AvgIpc) is 3.14. The van der Waals surface area contributed by atoms with Crippen molar-refractivity contribution in [2.75, 3.05) is 32.8 Å². The molecule has 7 nitrogen and oxygen atoms in total. The zero-order valence-electron chi connectivity index (χ0n) is 14.1. The van der Waals surface area contributed by atoms with Gasteiger partial charge in [-0.05, 0) is 25.1 Å². The van der Waals surface area contributed by atoms with E-state index in [1.54, 1.807) is 34.9 Å². The van der Waals surface area contributed by atoms with Crippen molar-refractivity contribution in [3.63, 3.8) is 0 Å². The molecular formula is C17H17Cl2N3O4. The number of halogens is 2. The molecule has 138 valence electrons. The number of hydrogen-bond acceptors (Lipinski definition) is 5. The van der Waals surface area contributed by atoms with E-state index in [0.29, 0.717) is 48.4 Å². The molecule has 0 saturated carbocycles. The summed E-state index contributed by atoms with van der Waals surface area (Å²) in [5.41, 5.74) is 0.834. The first-order valence-corrected chi connectivity index (χ1v) is 8.87. The molecule has 26 heavy (non-hydrogen) atoms. The van der Waals surface area contributed by atoms with Crippen molar-refractivity contribution in [1.82, 2.24) is 14.8 Å². The van der Waals surface area contributed by atoms with E-state index in [2.05, 4.69) is 4.98 Å². The first-order valence-electron chi connectivity index (χ1n) is 8.11. The summed E-state index contributed by atoms with van der Waals surface area (Å²) in [5.74, 6) is 0.0423. The highest BCUT2D eigenvalue weighted by atomic mass is 35.5. The molecule has 0 unspecified atom stereocenters. The highest BCUT2D eigenvalue weighted by molar-refractivity contribution is 6.42. The Morgan fingerprint density at radius 3 is 2.50 bits per heavy atom. The first kappa shape index (κ1) is 18.5. The van der Waals surface area contributed by atoms with E-state index in [-0.39, 0.29) is 23.6 Å². The Morgan fingerprint density at radius 2 is 1.85 bits per heavy atom. The molecule has 2 aromatic rings. The van der Waals surface area contributed by atoms with Gasteiger partial charge in [0.05, 0.1) is 16.7 Å². The monoisotopic (exact) mass is 397 g/mol. The number of benzene rings is 1. The molecule has 1 aliphatic rings. The van der Waals surface area contributed by atoms with Gasteiger partial charge in [0.25, 0.3) is 5.91 Å². The normalized spacial score (nSPS) is 14.4. The number of oxazole rings is 1. The summed E-state index contributed by atoms with van der Waals surface area (Å²) in [7, 11) is 0. The first-order chi connectivity index (χ1) is 12.5. The summed E-state index contributed by atoms with van der Waals surface area (Å²) in [6.45, 7) is 3.74. The number of carbonyl (C=O) groups is 2. The van der Waals surface area contributed by atoms with Crippen molar-refractivity contribution in [1.29, 1.82) is 0 Å². The maximum absolute atomic E-state index is 12.6. The number of hydrogen-bond donors (Lipinski definition) is 0. The molecule has 0 bridgehead atoms. The average molecular weight is 398 g/mol. The van der Waals surface area contributed by atoms with Crippen LogP contribution in [0.25, 0.3) is 11.5 Å². The van der Waals surface area contributed by atoms with Crippen LogP contribution >= 0.6 is 23.2 Å². The Morgan fingerprint density at radius 1 is 1.15 bits per heavy atom. The fourth-order valence-electron chi connectivity index (χ4n) is 2.60. The number of ether oxygens (including phenoxy) is 1. The zero-order chi connectivity index (χ0) is 18.7. The van der Waals surface area contributed by atoms with Crippen LogP contribution < -0.4 is 0 Å². The van der Waals surface area contributed by atoms with E-state index in [1.165, 1.54) is 6.26 Å². The van der Waals surface area contributed by atoms with E-state index < -0.39 is 0 Å². The van der Waals surface area contributed by atoms with E-state index >= 15 is 0 Å². The van der Waals surface area contributed by atoms with E-state index in [9.17, 15) is 9.59 Å². The Bertz CT molecular complexity index is 816. The molecule has 1 saturated heterocycles. The van der Waals surface area contributed by atoms with Gasteiger partial charge in [0.15, 0.2) is 5.69 Å². The molecule has 0 radical (unpaired) electrons. The van der Waals surface area contributed by atoms with Crippen LogP contribution in [0.15, 0.2) is 28.9 Å². The van der Waals surface area contributed by atoms with Gasteiger partial charge in [0.1, 0.15) is 6.26 Å². The molecule has 1 aromatic carbocycles. The molecule has 0 N–H and O–H groups in total. The summed E-state index contributed by atoms with van der Waals surface area (Å²) in [5, 5.41) is 0.808. The van der Waals surface area contributed by atoms with Gasteiger partial charge in [-0.2, -0.15) is 0 Å². The molecule has 9 heteroatoms. The lowest BCUT2D eigenvalue weighted by Crippen LogP contribution is -2.50. The van der Waals surface area contributed by atoms with Crippen LogP contribution in [0.1, 0.15) is 17.4 Å². The minimum atomic E-state index is -0.358. The summed E-state index contributed by atoms with van der Waals surface area (Å²) in [4.78, 5) is 31.8. The maximum Gasteiger partial charge on any atom is 0.409 e. The van der Waals surface area contributed by atoms with Crippen LogP contribution in [0, 0.1) is 0 Å². The van der Waals surface area contributed by atoms with E-state index in [4.69, 9.17) is 32.4 Å². The number of carbonyl (C=O) groups excluding carboxylic acids is 2. The molecule has 0 aliphatic carbocycles. The lowest BCUT2D eigenvalue weighted by Gasteiger charge is -2.33. The van der Waals surface area contributed by atoms with Gasteiger partial charge in [-0.3, -0.25) is 4.79 Å². The van der Waals surface area contributed by atoms with Crippen LogP contribution in [0.3, 0.4) is 0 Å². The smallest absolute Gasteiger partial charge is 0.409 e. The summed E-state index contributed by atoms with van der Waals surface area (Å²) in [6, 6.07) is 4.98. The lowest BCUT2D eigenvalue weighted by molar-refractivity contribution is 0.0566. The van der Waals surface area contributed by atoms with E-state index in [0.717, 1.165) is 0 Å². The predicted molar refractivity (Wildman–Crippen MR) is 96.5 cm³/mol. The molecule has 2 amide bonds. The predicted octanol–water partition coefficient (Wildman–Crippen LogP) is 3.56. The van der Waals surface area contributed by atoms with Crippen LogP contribution in [0.5, 0.6) is 0 Å². The van der Waals surface area contributed by atoms with Crippen molar-refractivity contribution in [2.45, 2.75) is 6.92 Å². The topological polar surface area (TPSA) is 75.9 Å². The highest BCUT2D eigenvalue weighted by Gasteiger charge is 2.27. The van der Waals surface area contributed by atoms with Crippen molar-refractivity contribution < 1.29 is 18.7 Å². The van der Waals surface area contributed by atoms with Gasteiger partial charge >= 0.3 is 6.09 Å². The van der Waals surface area contributed by atoms with Gasteiger partial charge in [-0.15, -0.1) is 0 Å². The zero-order valence-corrected chi connectivity index (χ0v) is 15.6. The van der Waals surface area contributed by atoms with Crippen LogP contribution in [-0.4, -0.2) is 59.6 Å². The van der Waals surface area contributed by atoms with Gasteiger partial charge in [0.2, 0.25) is 5.89 Å². The van der Waals surface area contributed by atoms with Gasteiger partial charge in [-0.25, -0.2) is 9.78 Å². The molecule has 1 aromatic heterocycles. The maximum atomic E-state index is 12.6. The van der Waals surface area contributed by atoms with Crippen LogP contribution in [-0.2, 0) is 4.74 Å².